The molecular formula is C29H40N2O7. The van der Waals surface area contributed by atoms with Crippen molar-refractivity contribution in [2.45, 2.75) is 71.3 Å². The number of carbonyl (C=O) groups is 1. The summed E-state index contributed by atoms with van der Waals surface area (Å²) >= 11 is 0. The highest BCUT2D eigenvalue weighted by Gasteiger charge is 2.28. The second kappa shape index (κ2) is 11.8. The van der Waals surface area contributed by atoms with Gasteiger partial charge in [-0.05, 0) is 57.9 Å². The van der Waals surface area contributed by atoms with Crippen molar-refractivity contribution in [1.29, 1.82) is 0 Å². The summed E-state index contributed by atoms with van der Waals surface area (Å²) in [5.74, 6) is 1.35. The molecule has 2 aliphatic heterocycles. The minimum Gasteiger partial charge on any atom is -0.490 e. The molecule has 0 bridgehead atoms. The number of ether oxygens (including phenoxy) is 5. The van der Waals surface area contributed by atoms with Gasteiger partial charge in [0.25, 0.3) is 0 Å². The quantitative estimate of drug-likeness (QED) is 0.507. The molecule has 0 N–H and O–H groups in total. The summed E-state index contributed by atoms with van der Waals surface area (Å²) in [4.78, 5) is 26.9. The molecule has 3 heterocycles. The second-order valence-corrected chi connectivity index (χ2v) is 10.9. The number of aryl methyl sites for hydroxylation is 1. The molecule has 208 valence electrons. The Bertz CT molecular complexity index is 1190. The predicted molar refractivity (Wildman–Crippen MR) is 144 cm³/mol. The van der Waals surface area contributed by atoms with E-state index in [-0.39, 0.29) is 23.7 Å². The molecule has 9 nitrogen and oxygen atoms in total. The van der Waals surface area contributed by atoms with E-state index in [2.05, 4.69) is 10.6 Å². The van der Waals surface area contributed by atoms with Gasteiger partial charge in [0, 0.05) is 63.9 Å². The van der Waals surface area contributed by atoms with Gasteiger partial charge < -0.3 is 33.2 Å². The number of methoxy groups -OCH3 is 2. The van der Waals surface area contributed by atoms with Gasteiger partial charge in [-0.3, -0.25) is 4.79 Å². The lowest BCUT2D eigenvalue weighted by Crippen LogP contribution is -2.44. The van der Waals surface area contributed by atoms with Crippen molar-refractivity contribution in [3.63, 3.8) is 0 Å². The first-order chi connectivity index (χ1) is 18.1. The van der Waals surface area contributed by atoms with E-state index >= 15 is 0 Å². The van der Waals surface area contributed by atoms with Crippen LogP contribution < -0.4 is 14.9 Å². The van der Waals surface area contributed by atoms with Crippen LogP contribution in [-0.4, -0.2) is 73.9 Å². The number of nitrogens with zero attached hydrogens (tertiary/aromatic N) is 2. The summed E-state index contributed by atoms with van der Waals surface area (Å²) in [7, 11) is 3.23. The number of piperidine rings is 1. The van der Waals surface area contributed by atoms with E-state index in [1.807, 2.05) is 39.8 Å². The molecule has 1 aromatic carbocycles. The summed E-state index contributed by atoms with van der Waals surface area (Å²) in [6, 6.07) is 7.64. The Labute approximate surface area is 224 Å². The Morgan fingerprint density at radius 2 is 1.82 bits per heavy atom. The molecule has 38 heavy (non-hydrogen) atoms. The van der Waals surface area contributed by atoms with E-state index in [1.54, 1.807) is 25.2 Å². The fourth-order valence-corrected chi connectivity index (χ4v) is 4.95. The van der Waals surface area contributed by atoms with Crippen molar-refractivity contribution in [2.24, 2.45) is 0 Å². The van der Waals surface area contributed by atoms with E-state index < -0.39 is 5.60 Å². The molecule has 2 aromatic rings. The van der Waals surface area contributed by atoms with Crippen molar-refractivity contribution in [3.05, 3.63) is 45.6 Å². The largest absolute Gasteiger partial charge is 0.490 e. The molecule has 2 aliphatic rings. The van der Waals surface area contributed by atoms with Crippen LogP contribution in [0.15, 0.2) is 29.1 Å². The third-order valence-electron chi connectivity index (χ3n) is 6.95. The molecule has 1 amide bonds. The van der Waals surface area contributed by atoms with Gasteiger partial charge in [-0.2, -0.15) is 0 Å². The molecule has 0 aliphatic carbocycles. The number of aromatic nitrogens is 1. The lowest BCUT2D eigenvalue weighted by atomic mass is 9.94. The number of hydrogen-bond donors (Lipinski definition) is 0. The summed E-state index contributed by atoms with van der Waals surface area (Å²) in [5, 5.41) is 0. The number of amides is 1. The fourth-order valence-electron chi connectivity index (χ4n) is 4.95. The molecule has 9 heteroatoms. The molecule has 1 saturated heterocycles. The van der Waals surface area contributed by atoms with Crippen molar-refractivity contribution in [2.75, 3.05) is 40.5 Å². The molecule has 1 aromatic heterocycles. The maximum absolute atomic E-state index is 12.8. The summed E-state index contributed by atoms with van der Waals surface area (Å²) in [6.07, 6.45) is 1.83. The fraction of sp³-hybridized carbons (Fsp3) is 0.586. The molecule has 1 atom stereocenters. The molecule has 0 radical (unpaired) electrons. The van der Waals surface area contributed by atoms with Crippen LogP contribution in [0.25, 0.3) is 11.3 Å². The van der Waals surface area contributed by atoms with Crippen molar-refractivity contribution in [3.8, 4) is 22.9 Å². The average Bonchev–Trinajstić information content (AvgIpc) is 2.88. The van der Waals surface area contributed by atoms with Gasteiger partial charge in [0.05, 0.1) is 12.3 Å². The van der Waals surface area contributed by atoms with Gasteiger partial charge in [0.15, 0.2) is 11.3 Å². The standard InChI is InChI=1S/C29H40N2O7/c1-19-25(32)16-26(36-18-23(35-6)17-34-5)31-14-9-20-15-22(7-8-24(20)27(19)31)37-21-10-12-30(13-11-21)28(33)38-29(2,3)4/h7-8,15-16,21,23H,9-14,17-18H2,1-6H3/t23-/m0/s1. The van der Waals surface area contributed by atoms with Gasteiger partial charge in [-0.15, -0.1) is 0 Å². The number of fused-ring (bicyclic) bond motifs is 3. The third kappa shape index (κ3) is 6.50. The summed E-state index contributed by atoms with van der Waals surface area (Å²) in [6.45, 7) is 10.1. The van der Waals surface area contributed by atoms with Crippen molar-refractivity contribution >= 4 is 6.09 Å². The molecule has 1 fully saturated rings. The van der Waals surface area contributed by atoms with Crippen LogP contribution in [0, 0.1) is 6.92 Å². The normalized spacial score (nSPS) is 16.4. The average molecular weight is 529 g/mol. The second-order valence-electron chi connectivity index (χ2n) is 10.9. The van der Waals surface area contributed by atoms with Crippen LogP contribution in [0.5, 0.6) is 11.6 Å². The Hall–Kier alpha value is -3.04. The number of carbonyl (C=O) groups excluding carboxylic acids is 1. The van der Waals surface area contributed by atoms with Crippen LogP contribution in [0.3, 0.4) is 0 Å². The summed E-state index contributed by atoms with van der Waals surface area (Å²) in [5.41, 5.74) is 3.18. The minimum absolute atomic E-state index is 0.0350. The Kier molecular flexibility index (Phi) is 8.67. The van der Waals surface area contributed by atoms with Gasteiger partial charge in [-0.1, -0.05) is 0 Å². The lowest BCUT2D eigenvalue weighted by molar-refractivity contribution is -0.000948. The zero-order valence-electron chi connectivity index (χ0n) is 23.4. The SMILES string of the molecule is COC[C@@H](COc1cc(=O)c(C)c2n1CCc1cc(OC3CCN(C(=O)OC(C)(C)C)CC3)ccc1-2)OC. The van der Waals surface area contributed by atoms with Crippen molar-refractivity contribution in [1.82, 2.24) is 9.47 Å². The highest BCUT2D eigenvalue weighted by molar-refractivity contribution is 5.71. The number of rotatable bonds is 8. The topological polar surface area (TPSA) is 88.5 Å². The zero-order valence-corrected chi connectivity index (χ0v) is 23.4. The van der Waals surface area contributed by atoms with E-state index in [9.17, 15) is 9.59 Å². The number of pyridine rings is 1. The number of likely N-dealkylation sites (tertiary alicyclic amines) is 1. The maximum Gasteiger partial charge on any atom is 0.410 e. The van der Waals surface area contributed by atoms with Crippen molar-refractivity contribution < 1.29 is 28.5 Å². The Morgan fingerprint density at radius 1 is 1.08 bits per heavy atom. The summed E-state index contributed by atoms with van der Waals surface area (Å²) < 4.78 is 30.5. The molecule has 0 unspecified atom stereocenters. The van der Waals surface area contributed by atoms with Gasteiger partial charge in [0.1, 0.15) is 30.2 Å². The number of hydrogen-bond acceptors (Lipinski definition) is 7. The van der Waals surface area contributed by atoms with E-state index in [0.717, 1.165) is 41.8 Å². The maximum atomic E-state index is 12.8. The first-order valence-electron chi connectivity index (χ1n) is 13.3. The molecule has 4 rings (SSSR count). The van der Waals surface area contributed by atoms with Crippen LogP contribution in [0.2, 0.25) is 0 Å². The molecular weight excluding hydrogens is 488 g/mol. The van der Waals surface area contributed by atoms with Crippen LogP contribution in [0.4, 0.5) is 4.79 Å². The first-order valence-corrected chi connectivity index (χ1v) is 13.3. The van der Waals surface area contributed by atoms with Gasteiger partial charge in [-0.25, -0.2) is 4.79 Å². The Morgan fingerprint density at radius 3 is 2.47 bits per heavy atom. The molecule has 0 spiro atoms. The van der Waals surface area contributed by atoms with E-state index in [0.29, 0.717) is 44.3 Å². The smallest absolute Gasteiger partial charge is 0.410 e. The third-order valence-corrected chi connectivity index (χ3v) is 6.95. The van der Waals surface area contributed by atoms with E-state index in [1.165, 1.54) is 0 Å². The Balaban J connectivity index is 1.46. The number of benzene rings is 1. The predicted octanol–water partition coefficient (Wildman–Crippen LogP) is 4.20. The minimum atomic E-state index is -0.501. The van der Waals surface area contributed by atoms with Gasteiger partial charge >= 0.3 is 6.09 Å². The van der Waals surface area contributed by atoms with Crippen LogP contribution >= 0.6 is 0 Å². The van der Waals surface area contributed by atoms with Crippen LogP contribution in [0.1, 0.15) is 44.7 Å². The molecule has 0 saturated carbocycles. The zero-order chi connectivity index (χ0) is 27.4. The van der Waals surface area contributed by atoms with Gasteiger partial charge in [0.2, 0.25) is 0 Å². The highest BCUT2D eigenvalue weighted by atomic mass is 16.6. The monoisotopic (exact) mass is 528 g/mol. The van der Waals surface area contributed by atoms with E-state index in [4.69, 9.17) is 23.7 Å². The first kappa shape index (κ1) is 28.0. The highest BCUT2D eigenvalue weighted by Crippen LogP contribution is 2.36. The van der Waals surface area contributed by atoms with Crippen LogP contribution in [-0.2, 0) is 27.2 Å². The lowest BCUT2D eigenvalue weighted by Gasteiger charge is -2.33.